The molecule has 0 radical (unpaired) electrons. The van der Waals surface area contributed by atoms with Crippen molar-refractivity contribution in [3.63, 3.8) is 0 Å². The maximum Gasteiger partial charge on any atom is 0.586 e. The number of aromatic nitrogens is 1. The van der Waals surface area contributed by atoms with Crippen molar-refractivity contribution < 1.29 is 18.3 Å². The van der Waals surface area contributed by atoms with Crippen LogP contribution in [-0.4, -0.2) is 11.3 Å². The van der Waals surface area contributed by atoms with Gasteiger partial charge in [-0.15, -0.1) is 8.78 Å². The number of anilines is 3. The maximum absolute atomic E-state index is 12.9. The second-order valence-corrected chi connectivity index (χ2v) is 3.92. The molecule has 2 aromatic rings. The largest absolute Gasteiger partial charge is 0.586 e. The van der Waals surface area contributed by atoms with Gasteiger partial charge in [-0.05, 0) is 18.2 Å². The standard InChI is InChI=1S/C12H9F2N3O2/c13-12(14)18-10-2-1-7(5-11(10)19-12)17-9-3-4-16-6-8(9)15/h1-6H,15H2,(H,16,17). The van der Waals surface area contributed by atoms with Crippen molar-refractivity contribution in [1.82, 2.24) is 4.98 Å². The summed E-state index contributed by atoms with van der Waals surface area (Å²) in [5.41, 5.74) is 7.35. The lowest BCUT2D eigenvalue weighted by atomic mass is 10.2. The highest BCUT2D eigenvalue weighted by molar-refractivity contribution is 5.72. The van der Waals surface area contributed by atoms with Crippen LogP contribution in [0.25, 0.3) is 0 Å². The van der Waals surface area contributed by atoms with Gasteiger partial charge in [-0.2, -0.15) is 0 Å². The number of hydrogen-bond acceptors (Lipinski definition) is 5. The number of alkyl halides is 2. The number of nitrogen functional groups attached to an aromatic ring is 1. The molecule has 1 aliphatic rings. The van der Waals surface area contributed by atoms with E-state index in [0.717, 1.165) is 0 Å². The monoisotopic (exact) mass is 265 g/mol. The van der Waals surface area contributed by atoms with Crippen LogP contribution in [0.1, 0.15) is 0 Å². The van der Waals surface area contributed by atoms with Gasteiger partial charge in [0.2, 0.25) is 0 Å². The van der Waals surface area contributed by atoms with Crippen molar-refractivity contribution in [2.24, 2.45) is 0 Å². The molecule has 1 aliphatic heterocycles. The molecule has 0 bridgehead atoms. The third kappa shape index (κ3) is 2.22. The summed E-state index contributed by atoms with van der Waals surface area (Å²) in [7, 11) is 0. The minimum Gasteiger partial charge on any atom is -0.396 e. The summed E-state index contributed by atoms with van der Waals surface area (Å²) in [6.45, 7) is 0. The number of pyridine rings is 1. The van der Waals surface area contributed by atoms with Crippen LogP contribution in [0.5, 0.6) is 11.5 Å². The number of ether oxygens (including phenoxy) is 2. The summed E-state index contributed by atoms with van der Waals surface area (Å²) in [6, 6.07) is 6.07. The van der Waals surface area contributed by atoms with Gasteiger partial charge in [-0.3, -0.25) is 4.98 Å². The fourth-order valence-electron chi connectivity index (χ4n) is 1.70. The van der Waals surface area contributed by atoms with E-state index in [4.69, 9.17) is 5.73 Å². The number of nitrogens with one attached hydrogen (secondary N) is 1. The number of nitrogens with zero attached hydrogens (tertiary/aromatic N) is 1. The van der Waals surface area contributed by atoms with E-state index >= 15 is 0 Å². The van der Waals surface area contributed by atoms with Crippen LogP contribution >= 0.6 is 0 Å². The van der Waals surface area contributed by atoms with Crippen LogP contribution in [0.3, 0.4) is 0 Å². The van der Waals surface area contributed by atoms with Crippen LogP contribution in [-0.2, 0) is 0 Å². The lowest BCUT2D eigenvalue weighted by Crippen LogP contribution is -2.25. The lowest BCUT2D eigenvalue weighted by molar-refractivity contribution is -0.286. The van der Waals surface area contributed by atoms with Crippen LogP contribution in [0, 0.1) is 0 Å². The number of benzene rings is 1. The zero-order valence-electron chi connectivity index (χ0n) is 9.56. The van der Waals surface area contributed by atoms with Crippen molar-refractivity contribution in [2.75, 3.05) is 11.1 Å². The Kier molecular flexibility index (Phi) is 2.41. The smallest absolute Gasteiger partial charge is 0.396 e. The Hall–Kier alpha value is -2.57. The number of fused-ring (bicyclic) bond motifs is 1. The SMILES string of the molecule is Nc1cnccc1Nc1ccc2c(c1)OC(F)(F)O2. The average molecular weight is 265 g/mol. The fraction of sp³-hybridized carbons (Fsp3) is 0.0833. The Balaban J connectivity index is 1.87. The third-order valence-electron chi connectivity index (χ3n) is 2.53. The Bertz CT molecular complexity index is 634. The number of rotatable bonds is 2. The maximum atomic E-state index is 12.9. The van der Waals surface area contributed by atoms with Gasteiger partial charge in [0, 0.05) is 18.0 Å². The van der Waals surface area contributed by atoms with Gasteiger partial charge in [0.15, 0.2) is 11.5 Å². The van der Waals surface area contributed by atoms with Crippen LogP contribution in [0.4, 0.5) is 25.8 Å². The zero-order chi connectivity index (χ0) is 13.5. The fourth-order valence-corrected chi connectivity index (χ4v) is 1.70. The molecular weight excluding hydrogens is 256 g/mol. The molecule has 3 rings (SSSR count). The van der Waals surface area contributed by atoms with E-state index in [2.05, 4.69) is 19.8 Å². The second-order valence-electron chi connectivity index (χ2n) is 3.92. The first-order valence-corrected chi connectivity index (χ1v) is 5.40. The molecule has 98 valence electrons. The van der Waals surface area contributed by atoms with Gasteiger partial charge >= 0.3 is 6.29 Å². The number of hydrogen-bond donors (Lipinski definition) is 2. The van der Waals surface area contributed by atoms with Gasteiger partial charge < -0.3 is 20.5 Å². The van der Waals surface area contributed by atoms with Gasteiger partial charge in [-0.25, -0.2) is 0 Å². The van der Waals surface area contributed by atoms with E-state index < -0.39 is 6.29 Å². The first-order valence-electron chi connectivity index (χ1n) is 5.40. The predicted molar refractivity (Wildman–Crippen MR) is 64.6 cm³/mol. The molecule has 5 nitrogen and oxygen atoms in total. The quantitative estimate of drug-likeness (QED) is 0.873. The summed E-state index contributed by atoms with van der Waals surface area (Å²) < 4.78 is 34.4. The molecule has 0 fully saturated rings. The van der Waals surface area contributed by atoms with Gasteiger partial charge in [0.05, 0.1) is 17.6 Å². The Labute approximate surface area is 107 Å². The molecule has 19 heavy (non-hydrogen) atoms. The molecule has 0 unspecified atom stereocenters. The minimum atomic E-state index is -3.61. The van der Waals surface area contributed by atoms with Gasteiger partial charge in [-0.1, -0.05) is 0 Å². The Morgan fingerprint density at radius 2 is 1.95 bits per heavy atom. The Morgan fingerprint density at radius 1 is 1.16 bits per heavy atom. The minimum absolute atomic E-state index is 0.00162. The highest BCUT2D eigenvalue weighted by Gasteiger charge is 2.43. The molecule has 1 aromatic carbocycles. The molecule has 0 saturated heterocycles. The van der Waals surface area contributed by atoms with Crippen molar-refractivity contribution >= 4 is 17.1 Å². The highest BCUT2D eigenvalue weighted by Crippen LogP contribution is 2.42. The van der Waals surface area contributed by atoms with Gasteiger partial charge in [0.1, 0.15) is 0 Å². The lowest BCUT2D eigenvalue weighted by Gasteiger charge is -2.08. The summed E-state index contributed by atoms with van der Waals surface area (Å²) >= 11 is 0. The topological polar surface area (TPSA) is 69.4 Å². The molecule has 0 amide bonds. The molecule has 0 aliphatic carbocycles. The highest BCUT2D eigenvalue weighted by atomic mass is 19.3. The normalized spacial score (nSPS) is 15.3. The van der Waals surface area contributed by atoms with E-state index in [1.165, 1.54) is 18.3 Å². The van der Waals surface area contributed by atoms with E-state index in [9.17, 15) is 8.78 Å². The zero-order valence-corrected chi connectivity index (χ0v) is 9.56. The van der Waals surface area contributed by atoms with Crippen LogP contribution in [0.2, 0.25) is 0 Å². The molecule has 7 heteroatoms. The molecule has 3 N–H and O–H groups in total. The molecule has 0 atom stereocenters. The van der Waals surface area contributed by atoms with E-state index in [-0.39, 0.29) is 11.5 Å². The van der Waals surface area contributed by atoms with Crippen molar-refractivity contribution in [2.45, 2.75) is 6.29 Å². The van der Waals surface area contributed by atoms with Crippen molar-refractivity contribution in [1.29, 1.82) is 0 Å². The van der Waals surface area contributed by atoms with Crippen LogP contribution < -0.4 is 20.5 Å². The summed E-state index contributed by atoms with van der Waals surface area (Å²) in [5.74, 6) is -0.0270. The third-order valence-corrected chi connectivity index (χ3v) is 2.53. The number of nitrogens with two attached hydrogens (primary N) is 1. The van der Waals surface area contributed by atoms with Crippen molar-refractivity contribution in [3.05, 3.63) is 36.7 Å². The number of halogens is 2. The first-order chi connectivity index (χ1) is 9.03. The summed E-state index contributed by atoms with van der Waals surface area (Å²) in [4.78, 5) is 3.85. The molecular formula is C12H9F2N3O2. The summed E-state index contributed by atoms with van der Waals surface area (Å²) in [5, 5.41) is 2.98. The molecule has 1 aromatic heterocycles. The molecule has 0 saturated carbocycles. The summed E-state index contributed by atoms with van der Waals surface area (Å²) in [6.07, 6.45) is -0.556. The first kappa shape index (κ1) is 11.5. The molecule has 2 heterocycles. The van der Waals surface area contributed by atoms with Gasteiger partial charge in [0.25, 0.3) is 0 Å². The Morgan fingerprint density at radius 3 is 2.74 bits per heavy atom. The van der Waals surface area contributed by atoms with E-state index in [1.807, 2.05) is 0 Å². The molecule has 0 spiro atoms. The van der Waals surface area contributed by atoms with Crippen LogP contribution in [0.15, 0.2) is 36.7 Å². The average Bonchev–Trinajstić information content (AvgIpc) is 2.65. The second kappa shape index (κ2) is 3.98. The van der Waals surface area contributed by atoms with Crippen molar-refractivity contribution in [3.8, 4) is 11.5 Å². The predicted octanol–water partition coefficient (Wildman–Crippen LogP) is 2.73. The van der Waals surface area contributed by atoms with E-state index in [1.54, 1.807) is 18.3 Å². The van der Waals surface area contributed by atoms with E-state index in [0.29, 0.717) is 17.1 Å².